The number of hydrogen-bond donors (Lipinski definition) is 2. The average Bonchev–Trinajstić information content (AvgIpc) is 2.53. The number of rotatable bonds is 2. The zero-order valence-corrected chi connectivity index (χ0v) is 14.1. The van der Waals surface area contributed by atoms with Gasteiger partial charge in [-0.15, -0.1) is 0 Å². The molecule has 0 radical (unpaired) electrons. The van der Waals surface area contributed by atoms with Gasteiger partial charge >= 0.3 is 0 Å². The molecule has 1 aromatic heterocycles. The van der Waals surface area contributed by atoms with Crippen LogP contribution in [0.3, 0.4) is 0 Å². The highest BCUT2D eigenvalue weighted by Crippen LogP contribution is 2.20. The van der Waals surface area contributed by atoms with Crippen LogP contribution in [-0.2, 0) is 0 Å². The Labute approximate surface area is 136 Å². The second kappa shape index (κ2) is 8.46. The van der Waals surface area contributed by atoms with Crippen molar-refractivity contribution in [1.29, 1.82) is 5.41 Å². The van der Waals surface area contributed by atoms with Crippen LogP contribution >= 0.6 is 11.6 Å². The van der Waals surface area contributed by atoms with Crippen molar-refractivity contribution in [3.05, 3.63) is 36.5 Å². The fourth-order valence-electron chi connectivity index (χ4n) is 1.91. The van der Waals surface area contributed by atoms with Crippen molar-refractivity contribution in [2.24, 2.45) is 16.8 Å². The molecule has 0 fully saturated rings. The van der Waals surface area contributed by atoms with Gasteiger partial charge in [-0.2, -0.15) is 0 Å². The molecule has 0 unspecified atom stereocenters. The highest BCUT2D eigenvalue weighted by Gasteiger charge is 2.15. The van der Waals surface area contributed by atoms with Gasteiger partial charge in [-0.05, 0) is 35.9 Å². The highest BCUT2D eigenvalue weighted by molar-refractivity contribution is 6.64. The summed E-state index contributed by atoms with van der Waals surface area (Å²) in [5.41, 5.74) is 1.67. The molecular weight excluding hydrogens is 298 g/mol. The van der Waals surface area contributed by atoms with Crippen LogP contribution in [0, 0.1) is 11.3 Å². The maximum absolute atomic E-state index is 7.29. The lowest BCUT2D eigenvalue weighted by Crippen LogP contribution is -2.40. The number of benzene rings is 1. The van der Waals surface area contributed by atoms with Crippen LogP contribution in [0.1, 0.15) is 27.7 Å². The van der Waals surface area contributed by atoms with E-state index >= 15 is 0 Å². The summed E-state index contributed by atoms with van der Waals surface area (Å²) in [6.07, 6.45) is 1.75. The summed E-state index contributed by atoms with van der Waals surface area (Å²) in [4.78, 5) is 8.25. The van der Waals surface area contributed by atoms with Gasteiger partial charge in [0.25, 0.3) is 0 Å². The first-order chi connectivity index (χ1) is 10.5. The molecule has 1 heterocycles. The van der Waals surface area contributed by atoms with Crippen molar-refractivity contribution in [1.82, 2.24) is 4.98 Å². The van der Waals surface area contributed by atoms with Crippen molar-refractivity contribution in [2.75, 3.05) is 5.01 Å². The third-order valence-electron chi connectivity index (χ3n) is 2.84. The van der Waals surface area contributed by atoms with E-state index < -0.39 is 0 Å². The maximum atomic E-state index is 7.29. The van der Waals surface area contributed by atoms with Gasteiger partial charge in [0.15, 0.2) is 0 Å². The Morgan fingerprint density at radius 1 is 1.32 bits per heavy atom. The Kier molecular flexibility index (Phi) is 6.95. The normalized spacial score (nSPS) is 11.1. The van der Waals surface area contributed by atoms with Crippen LogP contribution in [-0.4, -0.2) is 16.1 Å². The van der Waals surface area contributed by atoms with Crippen LogP contribution in [0.25, 0.3) is 10.9 Å². The lowest BCUT2D eigenvalue weighted by molar-refractivity contribution is 0.848. The maximum Gasteiger partial charge on any atom is 0.216 e. The second-order valence-electron chi connectivity index (χ2n) is 4.67. The number of amidine groups is 2. The summed E-state index contributed by atoms with van der Waals surface area (Å²) < 4.78 is 0. The van der Waals surface area contributed by atoms with E-state index in [4.69, 9.17) is 22.9 Å². The van der Waals surface area contributed by atoms with E-state index in [-0.39, 0.29) is 11.2 Å². The number of anilines is 1. The molecule has 2 aromatic rings. The van der Waals surface area contributed by atoms with Crippen LogP contribution in [0.2, 0.25) is 0 Å². The number of fused-ring (bicyclic) bond motifs is 1. The summed E-state index contributed by atoms with van der Waals surface area (Å²) >= 11 is 5.55. The number of hydrogen-bond acceptors (Lipinski definition) is 3. The molecule has 0 aliphatic heterocycles. The lowest BCUT2D eigenvalue weighted by Gasteiger charge is -2.23. The summed E-state index contributed by atoms with van der Waals surface area (Å²) in [7, 11) is 0. The molecule has 2 rings (SSSR count). The van der Waals surface area contributed by atoms with Crippen molar-refractivity contribution in [3.63, 3.8) is 0 Å². The summed E-state index contributed by atoms with van der Waals surface area (Å²) in [6, 6.07) is 9.53. The average molecular weight is 320 g/mol. The number of nitrogens with two attached hydrogens (primary N) is 1. The predicted molar refractivity (Wildman–Crippen MR) is 95.6 cm³/mol. The summed E-state index contributed by atoms with van der Waals surface area (Å²) in [6.45, 7) is 7.89. The SMILES string of the molecule is CC.CC(C)/C(=N\C(=N)Cl)N(N)c1ccc2ncccc2c1. The minimum atomic E-state index is -0.286. The Balaban J connectivity index is 0.00000116. The Morgan fingerprint density at radius 3 is 2.59 bits per heavy atom. The fourth-order valence-corrected chi connectivity index (χ4v) is 1.99. The molecule has 3 N–H and O–H groups in total. The van der Waals surface area contributed by atoms with E-state index in [1.54, 1.807) is 6.20 Å². The van der Waals surface area contributed by atoms with E-state index in [0.717, 1.165) is 16.6 Å². The Hall–Kier alpha value is -1.98. The van der Waals surface area contributed by atoms with Crippen molar-refractivity contribution < 1.29 is 0 Å². The summed E-state index contributed by atoms with van der Waals surface area (Å²) in [5, 5.41) is 9.45. The van der Waals surface area contributed by atoms with Crippen LogP contribution < -0.4 is 10.9 Å². The summed E-state index contributed by atoms with van der Waals surface area (Å²) in [5.74, 6) is 6.69. The molecule has 0 aliphatic rings. The highest BCUT2D eigenvalue weighted by atomic mass is 35.5. The molecular formula is C16H22ClN5. The van der Waals surface area contributed by atoms with Gasteiger partial charge in [0.2, 0.25) is 5.29 Å². The van der Waals surface area contributed by atoms with Crippen LogP contribution in [0.15, 0.2) is 41.5 Å². The number of nitrogens with one attached hydrogen (secondary N) is 1. The zero-order chi connectivity index (χ0) is 16.7. The number of aliphatic imine (C=N–C) groups is 1. The van der Waals surface area contributed by atoms with Gasteiger partial charge in [0.05, 0.1) is 11.2 Å². The molecule has 0 aliphatic carbocycles. The van der Waals surface area contributed by atoms with Crippen molar-refractivity contribution in [3.8, 4) is 0 Å². The molecule has 6 heteroatoms. The minimum Gasteiger partial charge on any atom is -0.272 e. The van der Waals surface area contributed by atoms with Crippen LogP contribution in [0.5, 0.6) is 0 Å². The number of aromatic nitrogens is 1. The first-order valence-corrected chi connectivity index (χ1v) is 7.59. The molecule has 118 valence electrons. The first kappa shape index (κ1) is 18.1. The smallest absolute Gasteiger partial charge is 0.216 e. The van der Waals surface area contributed by atoms with Crippen LogP contribution in [0.4, 0.5) is 5.69 Å². The molecule has 5 nitrogen and oxygen atoms in total. The van der Waals surface area contributed by atoms with Crippen molar-refractivity contribution in [2.45, 2.75) is 27.7 Å². The fraction of sp³-hybridized carbons (Fsp3) is 0.312. The second-order valence-corrected chi connectivity index (χ2v) is 5.02. The Bertz CT molecular complexity index is 666. The number of halogens is 1. The molecule has 0 saturated carbocycles. The minimum absolute atomic E-state index is 0.0451. The van der Waals surface area contributed by atoms with Crippen molar-refractivity contribution >= 4 is 39.3 Å². The molecule has 0 spiro atoms. The third kappa shape index (κ3) is 4.51. The van der Waals surface area contributed by atoms with E-state index in [9.17, 15) is 0 Å². The Morgan fingerprint density at radius 2 is 2.00 bits per heavy atom. The van der Waals surface area contributed by atoms with E-state index in [1.807, 2.05) is 58.0 Å². The van der Waals surface area contributed by atoms with Gasteiger partial charge in [0.1, 0.15) is 5.84 Å². The third-order valence-corrected chi connectivity index (χ3v) is 2.93. The molecule has 0 atom stereocenters. The van der Waals surface area contributed by atoms with E-state index in [1.165, 1.54) is 5.01 Å². The quantitative estimate of drug-likeness (QED) is 0.287. The van der Waals surface area contributed by atoms with Gasteiger partial charge in [0, 0.05) is 17.5 Å². The first-order valence-electron chi connectivity index (χ1n) is 7.21. The molecule has 0 bridgehead atoms. The monoisotopic (exact) mass is 319 g/mol. The molecule has 0 amide bonds. The van der Waals surface area contributed by atoms with Gasteiger partial charge in [-0.3, -0.25) is 15.4 Å². The molecule has 22 heavy (non-hydrogen) atoms. The standard InChI is InChI=1S/C14H16ClN5.C2H6/c1-9(2)13(19-14(15)16)20(17)11-5-6-12-10(8-11)4-3-7-18-12;1-2/h3-9,16H,17H2,1-2H3;1-2H3/b16-14?,19-13+;. The number of pyridine rings is 1. The number of hydrazine groups is 1. The predicted octanol–water partition coefficient (Wildman–Crippen LogP) is 4.17. The van der Waals surface area contributed by atoms with E-state index in [0.29, 0.717) is 5.84 Å². The topological polar surface area (TPSA) is 78.4 Å². The van der Waals surface area contributed by atoms with Gasteiger partial charge in [-0.25, -0.2) is 10.8 Å². The molecule has 1 aromatic carbocycles. The van der Waals surface area contributed by atoms with Gasteiger partial charge in [-0.1, -0.05) is 33.8 Å². The lowest BCUT2D eigenvalue weighted by atomic mass is 10.1. The largest absolute Gasteiger partial charge is 0.272 e. The van der Waals surface area contributed by atoms with E-state index in [2.05, 4.69) is 9.98 Å². The number of nitrogens with zero attached hydrogens (tertiary/aromatic N) is 3. The van der Waals surface area contributed by atoms with Gasteiger partial charge < -0.3 is 0 Å². The molecule has 0 saturated heterocycles. The zero-order valence-electron chi connectivity index (χ0n) is 13.3.